The smallest absolute Gasteiger partial charge is 0.0741 e. The molecule has 0 spiro atoms. The van der Waals surface area contributed by atoms with Crippen LogP contribution in [-0.2, 0) is 0 Å². The molecule has 0 N–H and O–H groups in total. The van der Waals surface area contributed by atoms with Gasteiger partial charge in [0.05, 0.1) is 17.4 Å². The zero-order valence-corrected chi connectivity index (χ0v) is 10.0. The first-order chi connectivity index (χ1) is 8.27. The third kappa shape index (κ3) is 1.53. The van der Waals surface area contributed by atoms with Crippen LogP contribution in [-0.4, -0.2) is 9.78 Å². The molecule has 0 saturated heterocycles. The fourth-order valence-corrected chi connectivity index (χ4v) is 2.29. The van der Waals surface area contributed by atoms with Gasteiger partial charge in [-0.1, -0.05) is 36.4 Å². The quantitative estimate of drug-likeness (QED) is 0.614. The number of hydrogen-bond acceptors (Lipinski definition) is 1. The Balaban J connectivity index is 2.35. The molecule has 0 atom stereocenters. The third-order valence-electron chi connectivity index (χ3n) is 3.13. The average molecular weight is 222 g/mol. The van der Waals surface area contributed by atoms with Gasteiger partial charge in [0.15, 0.2) is 0 Å². The standard InChI is InChI=1S/C15H14N2/c1-11-6-5-7-12(2)15(11)17-14-9-4-3-8-13(14)10-16-17/h3-10H,1-2H3. The molecule has 3 aromatic rings. The summed E-state index contributed by atoms with van der Waals surface area (Å²) < 4.78 is 2.03. The van der Waals surface area contributed by atoms with Gasteiger partial charge < -0.3 is 0 Å². The Morgan fingerprint density at radius 1 is 0.882 bits per heavy atom. The highest BCUT2D eigenvalue weighted by molar-refractivity contribution is 5.80. The number of para-hydroxylation sites is 2. The van der Waals surface area contributed by atoms with Crippen molar-refractivity contribution in [1.82, 2.24) is 9.78 Å². The fourth-order valence-electron chi connectivity index (χ4n) is 2.29. The SMILES string of the molecule is Cc1cccc(C)c1-n1ncc2ccccc21. The molecule has 1 aromatic heterocycles. The van der Waals surface area contributed by atoms with E-state index < -0.39 is 0 Å². The van der Waals surface area contributed by atoms with Gasteiger partial charge in [-0.3, -0.25) is 0 Å². The number of aromatic nitrogens is 2. The topological polar surface area (TPSA) is 17.8 Å². The summed E-state index contributed by atoms with van der Waals surface area (Å²) in [6.45, 7) is 4.25. The van der Waals surface area contributed by atoms with E-state index >= 15 is 0 Å². The van der Waals surface area contributed by atoms with Crippen LogP contribution in [0.1, 0.15) is 11.1 Å². The summed E-state index contributed by atoms with van der Waals surface area (Å²) in [6.07, 6.45) is 1.92. The van der Waals surface area contributed by atoms with Crippen molar-refractivity contribution in [2.45, 2.75) is 13.8 Å². The molecule has 2 heteroatoms. The van der Waals surface area contributed by atoms with Gasteiger partial charge in [-0.2, -0.15) is 5.10 Å². The molecule has 0 bridgehead atoms. The number of fused-ring (bicyclic) bond motifs is 1. The number of aryl methyl sites for hydroxylation is 2. The molecular formula is C15H14N2. The van der Waals surface area contributed by atoms with Gasteiger partial charge in [0.1, 0.15) is 0 Å². The number of hydrogen-bond donors (Lipinski definition) is 0. The van der Waals surface area contributed by atoms with Crippen molar-refractivity contribution in [3.05, 3.63) is 59.8 Å². The van der Waals surface area contributed by atoms with Crippen molar-refractivity contribution in [2.75, 3.05) is 0 Å². The number of nitrogens with zero attached hydrogens (tertiary/aromatic N) is 2. The van der Waals surface area contributed by atoms with Gasteiger partial charge in [-0.15, -0.1) is 0 Å². The first-order valence-electron chi connectivity index (χ1n) is 5.77. The molecule has 0 aliphatic rings. The molecule has 0 aliphatic heterocycles. The van der Waals surface area contributed by atoms with Gasteiger partial charge in [0.2, 0.25) is 0 Å². The zero-order chi connectivity index (χ0) is 11.8. The maximum absolute atomic E-state index is 4.50. The van der Waals surface area contributed by atoms with Crippen molar-refractivity contribution in [1.29, 1.82) is 0 Å². The van der Waals surface area contributed by atoms with E-state index in [1.807, 2.05) is 23.0 Å². The van der Waals surface area contributed by atoms with E-state index in [9.17, 15) is 0 Å². The van der Waals surface area contributed by atoms with Crippen molar-refractivity contribution in [3.8, 4) is 5.69 Å². The highest BCUT2D eigenvalue weighted by Crippen LogP contribution is 2.23. The summed E-state index contributed by atoms with van der Waals surface area (Å²) >= 11 is 0. The minimum absolute atomic E-state index is 1.16. The maximum atomic E-state index is 4.50. The van der Waals surface area contributed by atoms with Gasteiger partial charge in [0, 0.05) is 5.39 Å². The molecule has 0 amide bonds. The summed E-state index contributed by atoms with van der Waals surface area (Å²) in [4.78, 5) is 0. The van der Waals surface area contributed by atoms with Crippen molar-refractivity contribution in [2.24, 2.45) is 0 Å². The molecule has 84 valence electrons. The van der Waals surface area contributed by atoms with E-state index in [1.54, 1.807) is 0 Å². The number of rotatable bonds is 1. The second kappa shape index (κ2) is 3.74. The Hall–Kier alpha value is -2.09. The molecule has 2 aromatic carbocycles. The predicted molar refractivity (Wildman–Crippen MR) is 70.5 cm³/mol. The maximum Gasteiger partial charge on any atom is 0.0741 e. The lowest BCUT2D eigenvalue weighted by Gasteiger charge is -2.10. The third-order valence-corrected chi connectivity index (χ3v) is 3.13. The van der Waals surface area contributed by atoms with Crippen LogP contribution in [0.2, 0.25) is 0 Å². The van der Waals surface area contributed by atoms with Crippen LogP contribution >= 0.6 is 0 Å². The first kappa shape index (κ1) is 10.1. The van der Waals surface area contributed by atoms with E-state index in [2.05, 4.69) is 49.3 Å². The van der Waals surface area contributed by atoms with Gasteiger partial charge in [0.25, 0.3) is 0 Å². The Bertz CT molecular complexity index is 660. The Morgan fingerprint density at radius 3 is 2.35 bits per heavy atom. The van der Waals surface area contributed by atoms with Crippen molar-refractivity contribution in [3.63, 3.8) is 0 Å². The fraction of sp³-hybridized carbons (Fsp3) is 0.133. The van der Waals surface area contributed by atoms with Crippen molar-refractivity contribution >= 4 is 10.9 Å². The van der Waals surface area contributed by atoms with Crippen LogP contribution < -0.4 is 0 Å². The summed E-state index contributed by atoms with van der Waals surface area (Å²) in [5.74, 6) is 0. The molecule has 3 rings (SSSR count). The molecule has 1 heterocycles. The van der Waals surface area contributed by atoms with E-state index in [-0.39, 0.29) is 0 Å². The summed E-state index contributed by atoms with van der Waals surface area (Å²) in [6, 6.07) is 14.6. The molecule has 17 heavy (non-hydrogen) atoms. The second-order valence-corrected chi connectivity index (χ2v) is 4.36. The molecule has 0 fully saturated rings. The van der Waals surface area contributed by atoms with Crippen LogP contribution in [0.4, 0.5) is 0 Å². The van der Waals surface area contributed by atoms with E-state index in [0.717, 1.165) is 5.52 Å². The monoisotopic (exact) mass is 222 g/mol. The highest BCUT2D eigenvalue weighted by atomic mass is 15.3. The summed E-state index contributed by atoms with van der Waals surface area (Å²) in [5.41, 5.74) is 4.84. The lowest BCUT2D eigenvalue weighted by Crippen LogP contribution is -2.01. The van der Waals surface area contributed by atoms with Gasteiger partial charge in [-0.25, -0.2) is 4.68 Å². The van der Waals surface area contributed by atoms with E-state index in [4.69, 9.17) is 0 Å². The van der Waals surface area contributed by atoms with Crippen LogP contribution in [0, 0.1) is 13.8 Å². The summed E-state index contributed by atoms with van der Waals surface area (Å²) in [7, 11) is 0. The van der Waals surface area contributed by atoms with Gasteiger partial charge in [-0.05, 0) is 31.0 Å². The Kier molecular flexibility index (Phi) is 2.22. The van der Waals surface area contributed by atoms with Crippen LogP contribution in [0.25, 0.3) is 16.6 Å². The summed E-state index contributed by atoms with van der Waals surface area (Å²) in [5, 5.41) is 5.68. The molecule has 0 unspecified atom stereocenters. The van der Waals surface area contributed by atoms with Crippen LogP contribution in [0.15, 0.2) is 48.7 Å². The second-order valence-electron chi connectivity index (χ2n) is 4.36. The highest BCUT2D eigenvalue weighted by Gasteiger charge is 2.08. The van der Waals surface area contributed by atoms with E-state index in [1.165, 1.54) is 22.2 Å². The average Bonchev–Trinajstić information content (AvgIpc) is 2.73. The van der Waals surface area contributed by atoms with Crippen molar-refractivity contribution < 1.29 is 0 Å². The minimum Gasteiger partial charge on any atom is -0.233 e. The predicted octanol–water partition coefficient (Wildman–Crippen LogP) is 3.64. The van der Waals surface area contributed by atoms with E-state index in [0.29, 0.717) is 0 Å². The molecular weight excluding hydrogens is 208 g/mol. The molecule has 0 saturated carbocycles. The Labute approximate surface area is 101 Å². The Morgan fingerprint density at radius 2 is 1.59 bits per heavy atom. The zero-order valence-electron chi connectivity index (χ0n) is 10.0. The molecule has 0 radical (unpaired) electrons. The molecule has 2 nitrogen and oxygen atoms in total. The lowest BCUT2D eigenvalue weighted by molar-refractivity contribution is 0.893. The van der Waals surface area contributed by atoms with Gasteiger partial charge >= 0.3 is 0 Å². The van der Waals surface area contributed by atoms with Crippen LogP contribution in [0.5, 0.6) is 0 Å². The minimum atomic E-state index is 1.16. The largest absolute Gasteiger partial charge is 0.233 e. The number of benzene rings is 2. The lowest BCUT2D eigenvalue weighted by atomic mass is 10.1. The first-order valence-corrected chi connectivity index (χ1v) is 5.77. The normalized spacial score (nSPS) is 10.9. The molecule has 0 aliphatic carbocycles. The van der Waals surface area contributed by atoms with Crippen LogP contribution in [0.3, 0.4) is 0 Å².